The summed E-state index contributed by atoms with van der Waals surface area (Å²) in [5, 5.41) is 10.6. The summed E-state index contributed by atoms with van der Waals surface area (Å²) in [4.78, 5) is 38.2. The number of carbonyl (C=O) groups is 2. The molecule has 0 bridgehead atoms. The number of benzene rings is 3. The van der Waals surface area contributed by atoms with E-state index < -0.39 is 5.97 Å². The number of carboxylic acid groups (broad SMARTS) is 1. The van der Waals surface area contributed by atoms with Crippen LogP contribution in [0.25, 0.3) is 33.7 Å². The van der Waals surface area contributed by atoms with Gasteiger partial charge in [-0.2, -0.15) is 0 Å². The average Bonchev–Trinajstić information content (AvgIpc) is 3.35. The Morgan fingerprint density at radius 3 is 2.44 bits per heavy atom. The number of ketones is 1. The molecule has 5 rings (SSSR count). The fourth-order valence-electron chi connectivity index (χ4n) is 4.99. The van der Waals surface area contributed by atoms with Gasteiger partial charge in [0, 0.05) is 28.3 Å². The van der Waals surface area contributed by atoms with E-state index in [1.165, 1.54) is 6.07 Å². The van der Waals surface area contributed by atoms with E-state index in [0.29, 0.717) is 45.2 Å². The zero-order valence-corrected chi connectivity index (χ0v) is 22.5. The van der Waals surface area contributed by atoms with Crippen LogP contribution in [0.1, 0.15) is 64.1 Å². The molecule has 39 heavy (non-hydrogen) atoms. The number of nitrogens with zero attached hydrogens (tertiary/aromatic N) is 2. The number of carboxylic acids is 1. The molecule has 196 valence electrons. The highest BCUT2D eigenvalue weighted by Gasteiger charge is 2.22. The molecular formula is C32H28ClN3O3. The molecular weight excluding hydrogens is 510 g/mol. The van der Waals surface area contributed by atoms with E-state index in [1.807, 2.05) is 55.5 Å². The third kappa shape index (κ3) is 5.61. The Balaban J connectivity index is 1.54. The lowest BCUT2D eigenvalue weighted by atomic mass is 9.87. The SMILES string of the molecule is CCC[C@@H](CC(=O)c1ccc(-c2cc(Cl)ccc2-c2nc3nc(C)ccc3[nH]2)c(C(=O)O)c1)c1ccccc1. The topological polar surface area (TPSA) is 95.9 Å². The van der Waals surface area contributed by atoms with Gasteiger partial charge in [-0.3, -0.25) is 4.79 Å². The van der Waals surface area contributed by atoms with Gasteiger partial charge in [-0.1, -0.05) is 67.4 Å². The van der Waals surface area contributed by atoms with Gasteiger partial charge in [-0.15, -0.1) is 0 Å². The van der Waals surface area contributed by atoms with Crippen LogP contribution >= 0.6 is 11.6 Å². The Labute approximate surface area is 231 Å². The second-order valence-corrected chi connectivity index (χ2v) is 10.1. The molecule has 0 spiro atoms. The number of pyridine rings is 1. The normalized spacial score (nSPS) is 12.0. The van der Waals surface area contributed by atoms with Crippen molar-refractivity contribution in [2.24, 2.45) is 0 Å². The summed E-state index contributed by atoms with van der Waals surface area (Å²) in [6, 6.07) is 23.9. The third-order valence-corrected chi connectivity index (χ3v) is 7.16. The maximum Gasteiger partial charge on any atom is 0.336 e. The highest BCUT2D eigenvalue weighted by molar-refractivity contribution is 6.31. The summed E-state index contributed by atoms with van der Waals surface area (Å²) in [5.74, 6) is -0.588. The molecule has 6 nitrogen and oxygen atoms in total. The number of aromatic nitrogens is 3. The van der Waals surface area contributed by atoms with Crippen LogP contribution in [0.5, 0.6) is 0 Å². The average molecular weight is 538 g/mol. The van der Waals surface area contributed by atoms with E-state index >= 15 is 0 Å². The van der Waals surface area contributed by atoms with E-state index in [-0.39, 0.29) is 17.3 Å². The van der Waals surface area contributed by atoms with Gasteiger partial charge in [-0.25, -0.2) is 14.8 Å². The number of aromatic amines is 1. The minimum atomic E-state index is -1.12. The van der Waals surface area contributed by atoms with Gasteiger partial charge >= 0.3 is 5.97 Å². The molecule has 2 aromatic heterocycles. The monoisotopic (exact) mass is 537 g/mol. The van der Waals surface area contributed by atoms with Gasteiger partial charge in [-0.05, 0) is 72.4 Å². The van der Waals surface area contributed by atoms with Gasteiger partial charge in [0.05, 0.1) is 11.1 Å². The number of Topliss-reactive ketones (excluding diaryl/α,β-unsaturated/α-hetero) is 1. The highest BCUT2D eigenvalue weighted by Crippen LogP contribution is 2.36. The van der Waals surface area contributed by atoms with Crippen molar-refractivity contribution in [2.45, 2.75) is 39.0 Å². The molecule has 0 aliphatic heterocycles. The number of rotatable bonds is 9. The highest BCUT2D eigenvalue weighted by atomic mass is 35.5. The van der Waals surface area contributed by atoms with Crippen LogP contribution < -0.4 is 0 Å². The molecule has 0 unspecified atom stereocenters. The standard InChI is InChI=1S/C32H28ClN3O3/c1-3-7-21(20-8-5-4-6-9-20)17-29(37)22-11-13-24(27(16-22)32(38)39)26-18-23(33)12-14-25(26)30-35-28-15-10-19(2)34-31(28)36-30/h4-6,8-16,18,21H,3,7,17H2,1-2H3,(H,38,39)(H,34,35,36)/t21-/m0/s1. The number of hydrogen-bond donors (Lipinski definition) is 2. The minimum absolute atomic E-state index is 0.0289. The molecule has 7 heteroatoms. The molecule has 3 aromatic carbocycles. The third-order valence-electron chi connectivity index (χ3n) is 6.92. The quantitative estimate of drug-likeness (QED) is 0.185. The summed E-state index contributed by atoms with van der Waals surface area (Å²) in [5.41, 5.74) is 5.45. The molecule has 5 aromatic rings. The summed E-state index contributed by atoms with van der Waals surface area (Å²) in [6.45, 7) is 3.99. The van der Waals surface area contributed by atoms with Crippen LogP contribution in [0.4, 0.5) is 0 Å². The van der Waals surface area contributed by atoms with Gasteiger partial charge in [0.1, 0.15) is 5.82 Å². The van der Waals surface area contributed by atoms with E-state index in [4.69, 9.17) is 11.6 Å². The van der Waals surface area contributed by atoms with Gasteiger partial charge < -0.3 is 10.1 Å². The predicted molar refractivity (Wildman–Crippen MR) is 155 cm³/mol. The molecule has 0 fully saturated rings. The number of hydrogen-bond acceptors (Lipinski definition) is 4. The molecule has 0 aliphatic carbocycles. The van der Waals surface area contributed by atoms with E-state index in [0.717, 1.165) is 29.6 Å². The van der Waals surface area contributed by atoms with Crippen molar-refractivity contribution in [1.29, 1.82) is 0 Å². The lowest BCUT2D eigenvalue weighted by molar-refractivity contribution is 0.0697. The van der Waals surface area contributed by atoms with Crippen LogP contribution in [0.15, 0.2) is 78.9 Å². The maximum absolute atomic E-state index is 13.4. The van der Waals surface area contributed by atoms with Gasteiger partial charge in [0.15, 0.2) is 11.4 Å². The Morgan fingerprint density at radius 2 is 1.69 bits per heavy atom. The zero-order valence-electron chi connectivity index (χ0n) is 21.7. The summed E-state index contributed by atoms with van der Waals surface area (Å²) >= 11 is 6.37. The summed E-state index contributed by atoms with van der Waals surface area (Å²) < 4.78 is 0. The van der Waals surface area contributed by atoms with Crippen LogP contribution in [-0.4, -0.2) is 31.8 Å². The number of H-pyrrole nitrogens is 1. The number of imidazole rings is 1. The molecule has 0 amide bonds. The molecule has 2 N–H and O–H groups in total. The molecule has 0 aliphatic rings. The van der Waals surface area contributed by atoms with Crippen molar-refractivity contribution >= 4 is 34.5 Å². The van der Waals surface area contributed by atoms with Crippen molar-refractivity contribution < 1.29 is 14.7 Å². The predicted octanol–water partition coefficient (Wildman–Crippen LogP) is 8.11. The first kappa shape index (κ1) is 26.3. The second kappa shape index (κ2) is 11.2. The fourth-order valence-corrected chi connectivity index (χ4v) is 5.16. The first-order chi connectivity index (χ1) is 18.8. The number of fused-ring (bicyclic) bond motifs is 1. The number of aromatic carboxylic acids is 1. The van der Waals surface area contributed by atoms with Crippen molar-refractivity contribution in [3.8, 4) is 22.5 Å². The van der Waals surface area contributed by atoms with Crippen LogP contribution in [-0.2, 0) is 0 Å². The Morgan fingerprint density at radius 1 is 0.923 bits per heavy atom. The summed E-state index contributed by atoms with van der Waals surface area (Å²) in [6.07, 6.45) is 2.13. The molecule has 0 saturated heterocycles. The molecule has 0 saturated carbocycles. The van der Waals surface area contributed by atoms with Crippen LogP contribution in [0.2, 0.25) is 5.02 Å². The fraction of sp³-hybridized carbons (Fsp3) is 0.188. The van der Waals surface area contributed by atoms with E-state index in [1.54, 1.807) is 24.3 Å². The number of halogens is 1. The Hall–Kier alpha value is -4.29. The Kier molecular flexibility index (Phi) is 7.57. The minimum Gasteiger partial charge on any atom is -0.478 e. The van der Waals surface area contributed by atoms with Crippen molar-refractivity contribution in [3.63, 3.8) is 0 Å². The summed E-state index contributed by atoms with van der Waals surface area (Å²) in [7, 11) is 0. The van der Waals surface area contributed by atoms with Crippen molar-refractivity contribution in [3.05, 3.63) is 106 Å². The first-order valence-corrected chi connectivity index (χ1v) is 13.3. The maximum atomic E-state index is 13.4. The van der Waals surface area contributed by atoms with E-state index in [9.17, 15) is 14.7 Å². The van der Waals surface area contributed by atoms with Crippen molar-refractivity contribution in [1.82, 2.24) is 15.0 Å². The number of carbonyl (C=O) groups excluding carboxylic acids is 1. The Bertz CT molecular complexity index is 1680. The smallest absolute Gasteiger partial charge is 0.336 e. The number of aryl methyl sites for hydroxylation is 1. The molecule has 1 atom stereocenters. The molecule has 0 radical (unpaired) electrons. The van der Waals surface area contributed by atoms with Gasteiger partial charge in [0.2, 0.25) is 0 Å². The lowest BCUT2D eigenvalue weighted by Crippen LogP contribution is -2.10. The largest absolute Gasteiger partial charge is 0.478 e. The van der Waals surface area contributed by atoms with Crippen molar-refractivity contribution in [2.75, 3.05) is 0 Å². The lowest BCUT2D eigenvalue weighted by Gasteiger charge is -2.17. The van der Waals surface area contributed by atoms with Crippen LogP contribution in [0.3, 0.4) is 0 Å². The zero-order chi connectivity index (χ0) is 27.5. The first-order valence-electron chi connectivity index (χ1n) is 12.9. The molecule has 2 heterocycles. The van der Waals surface area contributed by atoms with E-state index in [2.05, 4.69) is 21.9 Å². The second-order valence-electron chi connectivity index (χ2n) is 9.69. The van der Waals surface area contributed by atoms with Gasteiger partial charge in [0.25, 0.3) is 0 Å². The van der Waals surface area contributed by atoms with Crippen LogP contribution in [0, 0.1) is 6.92 Å². The number of nitrogens with one attached hydrogen (secondary N) is 1.